The van der Waals surface area contributed by atoms with Crippen molar-refractivity contribution in [2.45, 2.75) is 37.9 Å². The molecule has 5 heteroatoms. The minimum Gasteiger partial charge on any atom is -0.496 e. The molecule has 1 saturated heterocycles. The molecule has 5 nitrogen and oxygen atoms in total. The summed E-state index contributed by atoms with van der Waals surface area (Å²) in [5.74, 6) is 0.920. The minimum atomic E-state index is -0.00444. The Labute approximate surface area is 203 Å². The maximum atomic E-state index is 12.4. The van der Waals surface area contributed by atoms with Gasteiger partial charge in [-0.2, -0.15) is 0 Å². The van der Waals surface area contributed by atoms with Crippen molar-refractivity contribution in [3.63, 3.8) is 0 Å². The topological polar surface area (TPSA) is 53.6 Å². The first-order valence-corrected chi connectivity index (χ1v) is 12.2. The smallest absolute Gasteiger partial charge is 0.251 e. The summed E-state index contributed by atoms with van der Waals surface area (Å²) in [6, 6.07) is 29.1. The largest absolute Gasteiger partial charge is 0.496 e. The predicted molar refractivity (Wildman–Crippen MR) is 137 cm³/mol. The number of hydrogen-bond acceptors (Lipinski definition) is 4. The third-order valence-corrected chi connectivity index (χ3v) is 6.57. The molecule has 1 fully saturated rings. The number of nitrogens with one attached hydrogen (secondary N) is 2. The molecule has 2 N–H and O–H groups in total. The fraction of sp³-hybridized carbons (Fsp3) is 0.345. The van der Waals surface area contributed by atoms with Gasteiger partial charge in [-0.1, -0.05) is 66.7 Å². The zero-order valence-electron chi connectivity index (χ0n) is 20.0. The lowest BCUT2D eigenvalue weighted by Crippen LogP contribution is -2.48. The average molecular weight is 458 g/mol. The maximum Gasteiger partial charge on any atom is 0.251 e. The van der Waals surface area contributed by atoms with Crippen molar-refractivity contribution in [2.75, 3.05) is 26.7 Å². The number of para-hydroxylation sites is 1. The number of piperidine rings is 1. The second-order valence-corrected chi connectivity index (χ2v) is 8.81. The molecule has 4 rings (SSSR count). The SMILES string of the molecule is COc1ccccc1CN[C@H]1CCCN(CCCNC(=O)c2ccccc2)[C@H]1c1ccccc1. The molecule has 0 spiro atoms. The molecule has 0 aliphatic carbocycles. The van der Waals surface area contributed by atoms with E-state index in [0.29, 0.717) is 24.2 Å². The fourth-order valence-electron chi connectivity index (χ4n) is 4.89. The van der Waals surface area contributed by atoms with Crippen LogP contribution < -0.4 is 15.4 Å². The molecule has 34 heavy (non-hydrogen) atoms. The number of methoxy groups -OCH3 is 1. The van der Waals surface area contributed by atoms with Gasteiger partial charge in [-0.15, -0.1) is 0 Å². The normalized spacial score (nSPS) is 18.4. The summed E-state index contributed by atoms with van der Waals surface area (Å²) in [6.45, 7) is 3.46. The first-order valence-electron chi connectivity index (χ1n) is 12.2. The third-order valence-electron chi connectivity index (χ3n) is 6.57. The molecule has 178 valence electrons. The van der Waals surface area contributed by atoms with Gasteiger partial charge >= 0.3 is 0 Å². The van der Waals surface area contributed by atoms with Gasteiger partial charge in [0.05, 0.1) is 13.2 Å². The van der Waals surface area contributed by atoms with Crippen LogP contribution >= 0.6 is 0 Å². The van der Waals surface area contributed by atoms with Gasteiger partial charge in [-0.25, -0.2) is 0 Å². The van der Waals surface area contributed by atoms with Crippen LogP contribution in [0.2, 0.25) is 0 Å². The fourth-order valence-corrected chi connectivity index (χ4v) is 4.89. The highest BCUT2D eigenvalue weighted by atomic mass is 16.5. The second kappa shape index (κ2) is 12.4. The van der Waals surface area contributed by atoms with Crippen LogP contribution in [0.25, 0.3) is 0 Å². The Morgan fingerprint density at radius 1 is 0.971 bits per heavy atom. The molecule has 2 atom stereocenters. The summed E-state index contributed by atoms with van der Waals surface area (Å²) in [5, 5.41) is 6.90. The Morgan fingerprint density at radius 3 is 2.44 bits per heavy atom. The molecule has 0 saturated carbocycles. The number of amides is 1. The summed E-state index contributed by atoms with van der Waals surface area (Å²) in [6.07, 6.45) is 3.21. The minimum absolute atomic E-state index is 0.00444. The van der Waals surface area contributed by atoms with E-state index >= 15 is 0 Å². The Hall–Kier alpha value is -3.15. The second-order valence-electron chi connectivity index (χ2n) is 8.81. The van der Waals surface area contributed by atoms with Crippen LogP contribution in [0, 0.1) is 0 Å². The summed E-state index contributed by atoms with van der Waals surface area (Å²) < 4.78 is 5.55. The number of ether oxygens (including phenoxy) is 1. The van der Waals surface area contributed by atoms with Crippen LogP contribution in [0.5, 0.6) is 5.75 Å². The van der Waals surface area contributed by atoms with Crippen molar-refractivity contribution in [2.24, 2.45) is 0 Å². The summed E-state index contributed by atoms with van der Waals surface area (Å²) in [4.78, 5) is 14.9. The van der Waals surface area contributed by atoms with Crippen LogP contribution in [0.15, 0.2) is 84.9 Å². The number of benzene rings is 3. The van der Waals surface area contributed by atoms with E-state index in [2.05, 4.69) is 58.0 Å². The molecular weight excluding hydrogens is 422 g/mol. The lowest BCUT2D eigenvalue weighted by atomic mass is 9.90. The number of carbonyl (C=O) groups is 1. The quantitative estimate of drug-likeness (QED) is 0.429. The number of rotatable bonds is 10. The average Bonchev–Trinajstić information content (AvgIpc) is 2.91. The Balaban J connectivity index is 1.39. The molecule has 1 heterocycles. The summed E-state index contributed by atoms with van der Waals surface area (Å²) in [5.41, 5.74) is 3.23. The van der Waals surface area contributed by atoms with E-state index in [-0.39, 0.29) is 5.91 Å². The number of likely N-dealkylation sites (tertiary alicyclic amines) is 1. The standard InChI is InChI=1S/C29H35N3O2/c1-34-27-18-9-8-16-25(27)22-31-26-17-10-20-32(28(26)23-12-4-2-5-13-23)21-11-19-30-29(33)24-14-6-3-7-15-24/h2-9,12-16,18,26,28,31H,10-11,17,19-22H2,1H3,(H,30,33)/t26-,28-/m0/s1. The van der Waals surface area contributed by atoms with Crippen LogP contribution in [0.4, 0.5) is 0 Å². The third kappa shape index (κ3) is 6.25. The molecule has 3 aromatic carbocycles. The molecule has 3 aromatic rings. The van der Waals surface area contributed by atoms with Gasteiger partial charge in [-0.3, -0.25) is 9.69 Å². The highest BCUT2D eigenvalue weighted by Gasteiger charge is 2.32. The van der Waals surface area contributed by atoms with Crippen molar-refractivity contribution in [3.05, 3.63) is 102 Å². The summed E-state index contributed by atoms with van der Waals surface area (Å²) in [7, 11) is 1.73. The number of hydrogen-bond donors (Lipinski definition) is 2. The highest BCUT2D eigenvalue weighted by Crippen LogP contribution is 2.32. The summed E-state index contributed by atoms with van der Waals surface area (Å²) >= 11 is 0. The van der Waals surface area contributed by atoms with E-state index < -0.39 is 0 Å². The monoisotopic (exact) mass is 457 g/mol. The van der Waals surface area contributed by atoms with E-state index in [4.69, 9.17) is 4.74 Å². The van der Waals surface area contributed by atoms with Crippen molar-refractivity contribution < 1.29 is 9.53 Å². The molecule has 1 aliphatic heterocycles. The Kier molecular flexibility index (Phi) is 8.71. The lowest BCUT2D eigenvalue weighted by Gasteiger charge is -2.42. The van der Waals surface area contributed by atoms with Crippen LogP contribution in [0.3, 0.4) is 0 Å². The van der Waals surface area contributed by atoms with Crippen LogP contribution in [-0.2, 0) is 6.54 Å². The highest BCUT2D eigenvalue weighted by molar-refractivity contribution is 5.94. The van der Waals surface area contributed by atoms with E-state index in [0.717, 1.165) is 44.6 Å². The van der Waals surface area contributed by atoms with Crippen molar-refractivity contribution in [3.8, 4) is 5.75 Å². The van der Waals surface area contributed by atoms with Crippen LogP contribution in [-0.4, -0.2) is 43.6 Å². The first-order chi connectivity index (χ1) is 16.8. The molecule has 0 bridgehead atoms. The Bertz CT molecular complexity index is 1030. The molecule has 0 radical (unpaired) electrons. The zero-order valence-corrected chi connectivity index (χ0v) is 20.0. The van der Waals surface area contributed by atoms with Crippen molar-refractivity contribution >= 4 is 5.91 Å². The van der Waals surface area contributed by atoms with Gasteiger partial charge in [0.15, 0.2) is 0 Å². The molecular formula is C29H35N3O2. The van der Waals surface area contributed by atoms with Gasteiger partial charge in [0.1, 0.15) is 5.75 Å². The lowest BCUT2D eigenvalue weighted by molar-refractivity contribution is 0.0936. The molecule has 1 amide bonds. The molecule has 0 aromatic heterocycles. The number of nitrogens with zero attached hydrogens (tertiary/aromatic N) is 1. The van der Waals surface area contributed by atoms with E-state index in [1.165, 1.54) is 11.1 Å². The van der Waals surface area contributed by atoms with Gasteiger partial charge in [0, 0.05) is 36.8 Å². The van der Waals surface area contributed by atoms with Gasteiger partial charge in [0.25, 0.3) is 5.91 Å². The van der Waals surface area contributed by atoms with Crippen molar-refractivity contribution in [1.82, 2.24) is 15.5 Å². The van der Waals surface area contributed by atoms with Gasteiger partial charge in [-0.05, 0) is 49.6 Å². The van der Waals surface area contributed by atoms with Crippen LogP contribution in [0.1, 0.15) is 46.8 Å². The van der Waals surface area contributed by atoms with Crippen molar-refractivity contribution in [1.29, 1.82) is 0 Å². The first kappa shape index (κ1) is 24.0. The van der Waals surface area contributed by atoms with Gasteiger partial charge in [0.2, 0.25) is 0 Å². The molecule has 1 aliphatic rings. The van der Waals surface area contributed by atoms with E-state index in [1.54, 1.807) is 7.11 Å². The maximum absolute atomic E-state index is 12.4. The van der Waals surface area contributed by atoms with Gasteiger partial charge < -0.3 is 15.4 Å². The zero-order chi connectivity index (χ0) is 23.6. The number of carbonyl (C=O) groups excluding carboxylic acids is 1. The van der Waals surface area contributed by atoms with E-state index in [1.807, 2.05) is 42.5 Å². The predicted octanol–water partition coefficient (Wildman–Crippen LogP) is 4.81. The van der Waals surface area contributed by atoms with E-state index in [9.17, 15) is 4.79 Å². The Morgan fingerprint density at radius 2 is 1.68 bits per heavy atom. The molecule has 0 unspecified atom stereocenters.